The lowest BCUT2D eigenvalue weighted by atomic mass is 10.0. The zero-order valence-corrected chi connectivity index (χ0v) is 42.3. The van der Waals surface area contributed by atoms with Crippen LogP contribution in [0.25, 0.3) is 0 Å². The lowest BCUT2D eigenvalue weighted by Crippen LogP contribution is -2.30. The van der Waals surface area contributed by atoms with Crippen molar-refractivity contribution in [2.24, 2.45) is 5.92 Å². The van der Waals surface area contributed by atoms with E-state index in [0.717, 1.165) is 63.7 Å². The van der Waals surface area contributed by atoms with Crippen molar-refractivity contribution in [3.63, 3.8) is 0 Å². The highest BCUT2D eigenvalue weighted by Crippen LogP contribution is 2.18. The van der Waals surface area contributed by atoms with Gasteiger partial charge in [0.2, 0.25) is 0 Å². The van der Waals surface area contributed by atoms with Crippen molar-refractivity contribution in [1.29, 1.82) is 0 Å². The van der Waals surface area contributed by atoms with Gasteiger partial charge in [0.15, 0.2) is 6.10 Å². The van der Waals surface area contributed by atoms with Gasteiger partial charge in [-0.25, -0.2) is 0 Å². The molecule has 0 heterocycles. The normalized spacial score (nSPS) is 12.0. The van der Waals surface area contributed by atoms with Gasteiger partial charge in [0.1, 0.15) is 13.2 Å². The van der Waals surface area contributed by atoms with E-state index in [0.29, 0.717) is 19.3 Å². The van der Waals surface area contributed by atoms with E-state index < -0.39 is 6.10 Å². The maximum atomic E-state index is 12.8. The number of ether oxygens (including phenoxy) is 3. The van der Waals surface area contributed by atoms with Gasteiger partial charge in [-0.15, -0.1) is 0 Å². The second-order valence-corrected chi connectivity index (χ2v) is 19.7. The number of hydrogen-bond donors (Lipinski definition) is 0. The van der Waals surface area contributed by atoms with E-state index in [-0.39, 0.29) is 31.1 Å². The highest BCUT2D eigenvalue weighted by Gasteiger charge is 2.19. The molecule has 62 heavy (non-hydrogen) atoms. The second-order valence-electron chi connectivity index (χ2n) is 19.7. The standard InChI is InChI=1S/C56H108O6/c1-5-7-9-11-13-14-15-16-17-23-26-29-32-36-40-44-48-55(58)61-51-53(50-60-54(57)47-43-39-34-12-10-8-6-2)62-56(59)49-45-41-37-33-30-27-24-21-19-18-20-22-25-28-31-35-38-42-46-52(3)4/h52-53H,5-51H2,1-4H3/t53-/m1/s1. The fraction of sp³-hybridized carbons (Fsp3) is 0.946. The van der Waals surface area contributed by atoms with Crippen LogP contribution in [0, 0.1) is 5.92 Å². The Hall–Kier alpha value is -1.59. The van der Waals surface area contributed by atoms with Crippen molar-refractivity contribution in [2.75, 3.05) is 13.2 Å². The van der Waals surface area contributed by atoms with Crippen LogP contribution < -0.4 is 0 Å². The van der Waals surface area contributed by atoms with Gasteiger partial charge in [0.25, 0.3) is 0 Å². The summed E-state index contributed by atoms with van der Waals surface area (Å²) >= 11 is 0. The van der Waals surface area contributed by atoms with Crippen LogP contribution in [0.3, 0.4) is 0 Å². The minimum absolute atomic E-state index is 0.0626. The van der Waals surface area contributed by atoms with Gasteiger partial charge in [-0.1, -0.05) is 278 Å². The van der Waals surface area contributed by atoms with Gasteiger partial charge in [0, 0.05) is 19.3 Å². The predicted molar refractivity (Wildman–Crippen MR) is 266 cm³/mol. The maximum Gasteiger partial charge on any atom is 0.306 e. The lowest BCUT2D eigenvalue weighted by Gasteiger charge is -2.18. The maximum absolute atomic E-state index is 12.8. The molecule has 0 N–H and O–H groups in total. The van der Waals surface area contributed by atoms with Crippen LogP contribution in [0.4, 0.5) is 0 Å². The van der Waals surface area contributed by atoms with Crippen LogP contribution in [0.2, 0.25) is 0 Å². The number of hydrogen-bond acceptors (Lipinski definition) is 6. The van der Waals surface area contributed by atoms with Crippen molar-refractivity contribution in [2.45, 2.75) is 323 Å². The van der Waals surface area contributed by atoms with Gasteiger partial charge in [-0.05, 0) is 25.2 Å². The predicted octanol–water partition coefficient (Wildman–Crippen LogP) is 18.2. The summed E-state index contributed by atoms with van der Waals surface area (Å²) in [5.74, 6) is 0.0123. The first kappa shape index (κ1) is 60.4. The molecule has 0 amide bonds. The number of rotatable bonds is 51. The number of carbonyl (C=O) groups is 3. The van der Waals surface area contributed by atoms with Gasteiger partial charge in [0.05, 0.1) is 0 Å². The lowest BCUT2D eigenvalue weighted by molar-refractivity contribution is -0.167. The average Bonchev–Trinajstić information content (AvgIpc) is 3.26. The number of unbranched alkanes of at least 4 members (excludes halogenated alkanes) is 38. The fourth-order valence-corrected chi connectivity index (χ4v) is 8.57. The molecule has 0 aliphatic heterocycles. The van der Waals surface area contributed by atoms with Crippen molar-refractivity contribution in [3.05, 3.63) is 0 Å². The van der Waals surface area contributed by atoms with E-state index in [4.69, 9.17) is 14.2 Å². The Bertz CT molecular complexity index is 933. The molecule has 0 aromatic heterocycles. The van der Waals surface area contributed by atoms with E-state index in [1.165, 1.54) is 212 Å². The number of esters is 3. The Morgan fingerprint density at radius 1 is 0.306 bits per heavy atom. The summed E-state index contributed by atoms with van der Waals surface area (Å²) in [6, 6.07) is 0. The molecule has 0 radical (unpaired) electrons. The van der Waals surface area contributed by atoms with E-state index in [1.807, 2.05) is 0 Å². The van der Waals surface area contributed by atoms with Gasteiger partial charge in [-0.3, -0.25) is 14.4 Å². The monoisotopic (exact) mass is 877 g/mol. The molecule has 0 aliphatic rings. The molecular formula is C56H108O6. The molecule has 0 aromatic rings. The van der Waals surface area contributed by atoms with Crippen LogP contribution in [-0.4, -0.2) is 37.2 Å². The van der Waals surface area contributed by atoms with E-state index in [1.54, 1.807) is 0 Å². The van der Waals surface area contributed by atoms with Crippen molar-refractivity contribution in [1.82, 2.24) is 0 Å². The van der Waals surface area contributed by atoms with Crippen molar-refractivity contribution in [3.8, 4) is 0 Å². The van der Waals surface area contributed by atoms with Gasteiger partial charge in [-0.2, -0.15) is 0 Å². The first-order valence-corrected chi connectivity index (χ1v) is 27.9. The van der Waals surface area contributed by atoms with Crippen molar-refractivity contribution < 1.29 is 28.6 Å². The third kappa shape index (κ3) is 49.4. The topological polar surface area (TPSA) is 78.9 Å². The molecule has 1 atom stereocenters. The molecule has 0 saturated heterocycles. The van der Waals surface area contributed by atoms with E-state index in [2.05, 4.69) is 27.7 Å². The Morgan fingerprint density at radius 2 is 0.532 bits per heavy atom. The van der Waals surface area contributed by atoms with Gasteiger partial charge >= 0.3 is 17.9 Å². The van der Waals surface area contributed by atoms with Crippen LogP contribution in [0.15, 0.2) is 0 Å². The third-order valence-electron chi connectivity index (χ3n) is 12.8. The minimum Gasteiger partial charge on any atom is -0.462 e. The van der Waals surface area contributed by atoms with E-state index in [9.17, 15) is 14.4 Å². The summed E-state index contributed by atoms with van der Waals surface area (Å²) < 4.78 is 16.8. The molecule has 0 spiro atoms. The highest BCUT2D eigenvalue weighted by molar-refractivity contribution is 5.71. The fourth-order valence-electron chi connectivity index (χ4n) is 8.57. The summed E-state index contributed by atoms with van der Waals surface area (Å²) in [6.07, 6.45) is 54.0. The summed E-state index contributed by atoms with van der Waals surface area (Å²) in [5, 5.41) is 0. The zero-order chi connectivity index (χ0) is 45.2. The Morgan fingerprint density at radius 3 is 0.790 bits per heavy atom. The molecule has 0 rings (SSSR count). The molecule has 0 saturated carbocycles. The first-order chi connectivity index (χ1) is 30.4. The summed E-state index contributed by atoms with van der Waals surface area (Å²) in [7, 11) is 0. The molecule has 0 aromatic carbocycles. The molecule has 6 heteroatoms. The largest absolute Gasteiger partial charge is 0.462 e. The molecule has 0 unspecified atom stereocenters. The van der Waals surface area contributed by atoms with Crippen LogP contribution in [-0.2, 0) is 28.6 Å². The first-order valence-electron chi connectivity index (χ1n) is 27.9. The molecule has 6 nitrogen and oxygen atoms in total. The van der Waals surface area contributed by atoms with Crippen LogP contribution in [0.5, 0.6) is 0 Å². The highest BCUT2D eigenvalue weighted by atomic mass is 16.6. The summed E-state index contributed by atoms with van der Waals surface area (Å²) in [4.78, 5) is 37.9. The summed E-state index contributed by atoms with van der Waals surface area (Å²) in [5.41, 5.74) is 0. The van der Waals surface area contributed by atoms with Gasteiger partial charge < -0.3 is 14.2 Å². The Labute approximate surface area is 387 Å². The van der Waals surface area contributed by atoms with E-state index >= 15 is 0 Å². The van der Waals surface area contributed by atoms with Crippen LogP contribution >= 0.6 is 0 Å². The summed E-state index contributed by atoms with van der Waals surface area (Å²) in [6.45, 7) is 9.03. The number of carbonyl (C=O) groups excluding carboxylic acids is 3. The molecule has 368 valence electrons. The average molecular weight is 877 g/mol. The second kappa shape index (κ2) is 50.4. The quantitative estimate of drug-likeness (QED) is 0.0344. The molecular weight excluding hydrogens is 769 g/mol. The van der Waals surface area contributed by atoms with Crippen LogP contribution in [0.1, 0.15) is 317 Å². The molecule has 0 fully saturated rings. The van der Waals surface area contributed by atoms with Crippen molar-refractivity contribution >= 4 is 17.9 Å². The minimum atomic E-state index is -0.760. The Balaban J connectivity index is 4.14. The zero-order valence-electron chi connectivity index (χ0n) is 42.3. The Kier molecular flexibility index (Phi) is 49.1. The smallest absolute Gasteiger partial charge is 0.306 e. The third-order valence-corrected chi connectivity index (χ3v) is 12.8. The SMILES string of the molecule is CCCCCCCCCCCCCCCCCCC(=O)OC[C@@H](COC(=O)CCCCCCCCC)OC(=O)CCCCCCCCCCCCCCCCCCCCC(C)C. The molecule has 0 aliphatic carbocycles. The molecule has 0 bridgehead atoms.